The number of hydrogen-bond acceptors (Lipinski definition) is 10. The quantitative estimate of drug-likeness (QED) is 0.0344. The Morgan fingerprint density at radius 3 is 0.500 bits per heavy atom. The highest BCUT2D eigenvalue weighted by Gasteiger charge is 2.39. The minimum Gasteiger partial charge on any atom is -0.361 e. The van der Waals surface area contributed by atoms with Crippen LogP contribution in [0.1, 0.15) is 129 Å². The largest absolute Gasteiger partial charge is 0.361 e. The van der Waals surface area contributed by atoms with E-state index in [1.165, 1.54) is 0 Å². The maximum absolute atomic E-state index is 15.5. The fourth-order valence-electron chi connectivity index (χ4n) is 14.9. The molecule has 11 rings (SSSR count). The van der Waals surface area contributed by atoms with Gasteiger partial charge >= 0.3 is 0 Å². The molecular formula is C85H105N15O10. The van der Waals surface area contributed by atoms with Crippen molar-refractivity contribution in [2.24, 2.45) is 29.6 Å². The maximum Gasteiger partial charge on any atom is 0.243 e. The number of hydrogen-bond donors (Lipinski definition) is 15. The van der Waals surface area contributed by atoms with E-state index in [1.807, 2.05) is 191 Å². The molecule has 10 amide bonds. The van der Waals surface area contributed by atoms with E-state index in [9.17, 15) is 0 Å². The summed E-state index contributed by atoms with van der Waals surface area (Å²) >= 11 is 0. The van der Waals surface area contributed by atoms with Gasteiger partial charge < -0.3 is 78.1 Å². The van der Waals surface area contributed by atoms with Gasteiger partial charge in [-0.1, -0.05) is 160 Å². The van der Waals surface area contributed by atoms with Gasteiger partial charge in [-0.05, 0) is 120 Å². The summed E-state index contributed by atoms with van der Waals surface area (Å²) in [7, 11) is 0. The highest BCUT2D eigenvalue weighted by Crippen LogP contribution is 2.27. The number of para-hydroxylation sites is 5. The zero-order valence-electron chi connectivity index (χ0n) is 64.2. The molecule has 25 heteroatoms. The van der Waals surface area contributed by atoms with Gasteiger partial charge in [-0.2, -0.15) is 0 Å². The number of rotatable bonds is 20. The smallest absolute Gasteiger partial charge is 0.243 e. The molecule has 6 heterocycles. The van der Waals surface area contributed by atoms with Crippen LogP contribution in [0.2, 0.25) is 0 Å². The Labute approximate surface area is 640 Å². The Morgan fingerprint density at radius 1 is 0.209 bits per heavy atom. The second-order valence-corrected chi connectivity index (χ2v) is 31.6. The van der Waals surface area contributed by atoms with Crippen LogP contribution in [-0.2, 0) is 80.0 Å². The van der Waals surface area contributed by atoms with E-state index >= 15 is 47.9 Å². The predicted molar refractivity (Wildman–Crippen MR) is 427 cm³/mol. The van der Waals surface area contributed by atoms with E-state index in [2.05, 4.69) is 78.1 Å². The molecule has 1 aliphatic heterocycles. The Kier molecular flexibility index (Phi) is 26.1. The van der Waals surface area contributed by atoms with E-state index in [4.69, 9.17) is 0 Å². The Morgan fingerprint density at radius 2 is 0.345 bits per heavy atom. The molecule has 0 spiro atoms. The number of nitrogens with one attached hydrogen (secondary N) is 15. The third kappa shape index (κ3) is 20.2. The van der Waals surface area contributed by atoms with E-state index in [0.717, 1.165) is 54.5 Å². The summed E-state index contributed by atoms with van der Waals surface area (Å²) < 4.78 is 0. The molecular weight excluding hydrogens is 1390 g/mol. The molecule has 0 aliphatic carbocycles. The normalized spacial score (nSPS) is 22.0. The van der Waals surface area contributed by atoms with Crippen molar-refractivity contribution in [2.75, 3.05) is 0 Å². The van der Waals surface area contributed by atoms with Crippen molar-refractivity contribution in [1.82, 2.24) is 78.1 Å². The fourth-order valence-corrected chi connectivity index (χ4v) is 14.9. The summed E-state index contributed by atoms with van der Waals surface area (Å²) in [4.78, 5) is 171. The molecule has 0 radical (unpaired) electrons. The summed E-state index contributed by atoms with van der Waals surface area (Å²) in [6, 6.07) is 23.7. The van der Waals surface area contributed by atoms with Crippen LogP contribution < -0.4 is 53.2 Å². The summed E-state index contributed by atoms with van der Waals surface area (Å²) in [6.45, 7) is 18.7. The van der Waals surface area contributed by atoms with E-state index < -0.39 is 119 Å². The summed E-state index contributed by atoms with van der Waals surface area (Å²) in [5, 5.41) is 33.6. The highest BCUT2D eigenvalue weighted by molar-refractivity contribution is 6.01. The summed E-state index contributed by atoms with van der Waals surface area (Å²) in [5.41, 5.74) is 7.07. The van der Waals surface area contributed by atoms with Gasteiger partial charge in [0.2, 0.25) is 59.1 Å². The van der Waals surface area contributed by atoms with Crippen molar-refractivity contribution in [3.63, 3.8) is 0 Å². The Bertz CT molecular complexity index is 4230. The van der Waals surface area contributed by atoms with E-state index in [-0.39, 0.29) is 93.8 Å². The average Bonchev–Trinajstić information content (AvgIpc) is 1.33. The third-order valence-electron chi connectivity index (χ3n) is 20.4. The van der Waals surface area contributed by atoms with Crippen molar-refractivity contribution in [3.8, 4) is 0 Å². The van der Waals surface area contributed by atoms with Crippen LogP contribution in [0.3, 0.4) is 0 Å². The molecule has 1 fully saturated rings. The lowest BCUT2D eigenvalue weighted by molar-refractivity contribution is -0.137. The summed E-state index contributed by atoms with van der Waals surface area (Å²) in [6.07, 6.45) is 8.56. The van der Waals surface area contributed by atoms with E-state index in [1.54, 1.807) is 31.0 Å². The van der Waals surface area contributed by atoms with Crippen molar-refractivity contribution in [3.05, 3.63) is 180 Å². The number of benzene rings is 5. The SMILES string of the molecule is CC(C)C[C@@H]1NC(=O)[C@H](Cc2c[nH]c3ccccc23)NC(=O)[C@H](CC(C)C)NC(=O)[C@H](Cc2c[nH]c3ccccc23)NC(=O)[C@H](CC(C)C)NC(=O)[C@H](Cc2c[nH]c3ccccc23)NC(=O)[C@H](CC(C)C)NC(=O)[C@H](Cc2c[nH]c3ccccc23)NC(=O)[C@H](CC(C)C)NC(=O)[C@H](Cc2c[nH]c3ccccc23)NC1=O. The molecule has 15 N–H and O–H groups in total. The lowest BCUT2D eigenvalue weighted by Gasteiger charge is -2.30. The topological polar surface area (TPSA) is 370 Å². The first-order valence-electron chi connectivity index (χ1n) is 38.5. The van der Waals surface area contributed by atoms with Gasteiger partial charge in [0, 0.05) is 118 Å². The number of H-pyrrole nitrogens is 5. The van der Waals surface area contributed by atoms with Crippen LogP contribution in [0.5, 0.6) is 0 Å². The molecule has 0 unspecified atom stereocenters. The van der Waals surface area contributed by atoms with Gasteiger partial charge in [0.15, 0.2) is 0 Å². The van der Waals surface area contributed by atoms with Gasteiger partial charge in [0.05, 0.1) is 0 Å². The molecule has 5 aromatic carbocycles. The second kappa shape index (κ2) is 36.1. The van der Waals surface area contributed by atoms with Crippen molar-refractivity contribution in [2.45, 2.75) is 194 Å². The summed E-state index contributed by atoms with van der Waals surface area (Å²) in [5.74, 6) is -8.60. The van der Waals surface area contributed by atoms with Gasteiger partial charge in [-0.15, -0.1) is 0 Å². The molecule has 10 aromatic rings. The first-order chi connectivity index (χ1) is 52.7. The predicted octanol–water partition coefficient (Wildman–Crippen LogP) is 8.70. The molecule has 0 bridgehead atoms. The molecule has 110 heavy (non-hydrogen) atoms. The minimum atomic E-state index is -1.40. The molecule has 10 atom stereocenters. The van der Waals surface area contributed by atoms with Gasteiger partial charge in [0.1, 0.15) is 60.4 Å². The molecule has 580 valence electrons. The lowest BCUT2D eigenvalue weighted by Crippen LogP contribution is -2.62. The standard InChI is InChI=1S/C85H105N15O10/c1-46(2)31-66-76(101)96-72(37-52-42-87-62-27-17-12-22-57(52)62)82(107)92-68(33-48(5)6)78(103)98-74(39-54-44-89-64-29-19-14-24-59(54)64)84(109)94-70(35-50(9)10)80(105)100-75(40-55-45-90-65-30-20-15-25-60(55)65)85(110)95-69(34-49(7)8)79(104)99-73(38-53-43-88-63-28-18-13-23-58(53)63)83(108)93-67(32-47(3)4)77(102)97-71(81(106)91-66)36-51-41-86-61-26-16-11-21-56(51)61/h11-30,41-50,66-75,86-90H,31-40H2,1-10H3,(H,91,106)(H,92,107)(H,93,108)(H,94,109)(H,95,110)(H,96,101)(H,97,102)(H,98,103)(H,99,104)(H,100,105)/t66-,67-,68-,69-,70-,71-,72-,73-,74-,75-/m0/s1. The van der Waals surface area contributed by atoms with Crippen molar-refractivity contribution in [1.29, 1.82) is 0 Å². The van der Waals surface area contributed by atoms with Crippen LogP contribution >= 0.6 is 0 Å². The Balaban J connectivity index is 1.02. The van der Waals surface area contributed by atoms with Crippen molar-refractivity contribution < 1.29 is 47.9 Å². The van der Waals surface area contributed by atoms with Gasteiger partial charge in [-0.3, -0.25) is 47.9 Å². The van der Waals surface area contributed by atoms with Gasteiger partial charge in [0.25, 0.3) is 0 Å². The van der Waals surface area contributed by atoms with Crippen LogP contribution in [0, 0.1) is 29.6 Å². The number of amides is 10. The molecule has 0 saturated carbocycles. The molecule has 25 nitrogen and oxygen atoms in total. The first kappa shape index (κ1) is 79.5. The fraction of sp³-hybridized carbons (Fsp3) is 0.412. The number of carbonyl (C=O) groups excluding carboxylic acids is 10. The van der Waals surface area contributed by atoms with Crippen LogP contribution in [0.25, 0.3) is 54.5 Å². The van der Waals surface area contributed by atoms with Gasteiger partial charge in [-0.25, -0.2) is 0 Å². The Hall–Kier alpha value is -11.5. The molecule has 1 saturated heterocycles. The number of aromatic amines is 5. The highest BCUT2D eigenvalue weighted by atomic mass is 16.2. The van der Waals surface area contributed by atoms with Crippen LogP contribution in [0.4, 0.5) is 0 Å². The third-order valence-corrected chi connectivity index (χ3v) is 20.4. The van der Waals surface area contributed by atoms with Crippen molar-refractivity contribution >= 4 is 114 Å². The number of aromatic nitrogens is 5. The first-order valence-corrected chi connectivity index (χ1v) is 38.5. The monoisotopic (exact) mass is 1500 g/mol. The van der Waals surface area contributed by atoms with E-state index in [0.29, 0.717) is 27.8 Å². The van der Waals surface area contributed by atoms with Crippen LogP contribution in [0.15, 0.2) is 152 Å². The number of fused-ring (bicyclic) bond motifs is 5. The average molecular weight is 1500 g/mol. The zero-order chi connectivity index (χ0) is 78.4. The minimum absolute atomic E-state index is 0.0631. The maximum atomic E-state index is 15.5. The van der Waals surface area contributed by atoms with Crippen LogP contribution in [-0.4, -0.2) is 144 Å². The number of carbonyl (C=O) groups is 10. The lowest BCUT2D eigenvalue weighted by atomic mass is 9.97. The molecule has 5 aromatic heterocycles. The zero-order valence-corrected chi connectivity index (χ0v) is 64.2. The molecule has 1 aliphatic rings. The second-order valence-electron chi connectivity index (χ2n) is 31.6.